The maximum atomic E-state index is 12.6. The molecule has 3 aliphatic rings. The van der Waals surface area contributed by atoms with Crippen LogP contribution in [-0.4, -0.2) is 67.1 Å². The summed E-state index contributed by atoms with van der Waals surface area (Å²) in [7, 11) is 1.63. The SMILES string of the molecule is CC[S+]([O-])c1cc(-c2ccc(N3CC4CC(C3)N4Cc3ccc(OC)nc3)nc2)c2c(C#N)cnn2c1. The number of piperidine rings is 1. The fourth-order valence-corrected chi connectivity index (χ4v) is 6.19. The minimum Gasteiger partial charge on any atom is -0.611 e. The molecule has 10 heteroatoms. The van der Waals surface area contributed by atoms with Crippen LogP contribution in [0.4, 0.5) is 5.82 Å². The van der Waals surface area contributed by atoms with Gasteiger partial charge < -0.3 is 14.2 Å². The van der Waals surface area contributed by atoms with Crippen molar-refractivity contribution < 1.29 is 9.29 Å². The minimum absolute atomic E-state index is 0.483. The number of piperazine rings is 1. The maximum absolute atomic E-state index is 12.6. The van der Waals surface area contributed by atoms with Gasteiger partial charge in [-0.2, -0.15) is 10.4 Å². The molecule has 0 amide bonds. The molecule has 37 heavy (non-hydrogen) atoms. The van der Waals surface area contributed by atoms with Crippen molar-refractivity contribution in [1.29, 1.82) is 5.26 Å². The summed E-state index contributed by atoms with van der Waals surface area (Å²) >= 11 is -1.14. The summed E-state index contributed by atoms with van der Waals surface area (Å²) in [6, 6.07) is 13.2. The number of rotatable bonds is 7. The second-order valence-corrected chi connectivity index (χ2v) is 11.2. The van der Waals surface area contributed by atoms with Crippen LogP contribution in [0, 0.1) is 11.3 Å². The van der Waals surface area contributed by atoms with E-state index in [0.717, 1.165) is 36.6 Å². The molecule has 0 aliphatic carbocycles. The van der Waals surface area contributed by atoms with Gasteiger partial charge in [0.05, 0.1) is 30.6 Å². The normalized spacial score (nSPS) is 19.9. The van der Waals surface area contributed by atoms with Crippen LogP contribution in [0.15, 0.2) is 60.0 Å². The van der Waals surface area contributed by atoms with E-state index in [1.165, 1.54) is 12.0 Å². The van der Waals surface area contributed by atoms with Crippen molar-refractivity contribution in [2.45, 2.75) is 36.9 Å². The maximum Gasteiger partial charge on any atom is 0.212 e. The summed E-state index contributed by atoms with van der Waals surface area (Å²) < 4.78 is 19.4. The second kappa shape index (κ2) is 9.67. The van der Waals surface area contributed by atoms with E-state index in [-0.39, 0.29) is 0 Å². The van der Waals surface area contributed by atoms with Gasteiger partial charge >= 0.3 is 0 Å². The number of nitriles is 1. The van der Waals surface area contributed by atoms with Gasteiger partial charge in [0, 0.05) is 67.4 Å². The molecule has 3 atom stereocenters. The Labute approximate surface area is 218 Å². The minimum atomic E-state index is -1.14. The lowest BCUT2D eigenvalue weighted by Crippen LogP contribution is -2.68. The number of fused-ring (bicyclic) bond motifs is 3. The quantitative estimate of drug-likeness (QED) is 0.347. The molecule has 0 radical (unpaired) electrons. The molecule has 4 aromatic heterocycles. The topological polar surface area (TPSA) is 106 Å². The highest BCUT2D eigenvalue weighted by Gasteiger charge is 2.44. The molecule has 188 valence electrons. The number of anilines is 1. The van der Waals surface area contributed by atoms with E-state index in [1.54, 1.807) is 24.0 Å². The van der Waals surface area contributed by atoms with Gasteiger partial charge in [0.15, 0.2) is 4.90 Å². The molecular formula is C27H27N7O2S. The molecule has 3 fully saturated rings. The van der Waals surface area contributed by atoms with Crippen LogP contribution >= 0.6 is 0 Å². The lowest BCUT2D eigenvalue weighted by atomic mass is 9.87. The summed E-state index contributed by atoms with van der Waals surface area (Å²) in [5, 5.41) is 13.9. The van der Waals surface area contributed by atoms with E-state index in [4.69, 9.17) is 9.72 Å². The molecule has 3 unspecified atom stereocenters. The zero-order valence-corrected chi connectivity index (χ0v) is 21.6. The fraction of sp³-hybridized carbons (Fsp3) is 0.333. The van der Waals surface area contributed by atoms with Crippen LogP contribution in [0.25, 0.3) is 16.6 Å². The van der Waals surface area contributed by atoms with Crippen molar-refractivity contribution >= 4 is 22.5 Å². The van der Waals surface area contributed by atoms with Gasteiger partial charge in [0.25, 0.3) is 0 Å². The zero-order chi connectivity index (χ0) is 25.5. The lowest BCUT2D eigenvalue weighted by molar-refractivity contribution is -0.00876. The average Bonchev–Trinajstić information content (AvgIpc) is 3.38. The van der Waals surface area contributed by atoms with Crippen LogP contribution in [0.5, 0.6) is 5.88 Å². The summed E-state index contributed by atoms with van der Waals surface area (Å²) in [6.07, 6.45) is 8.24. The number of ether oxygens (including phenoxy) is 1. The van der Waals surface area contributed by atoms with E-state index in [2.05, 4.69) is 32.0 Å². The second-order valence-electron chi connectivity index (χ2n) is 9.42. The summed E-state index contributed by atoms with van der Waals surface area (Å²) in [5.74, 6) is 2.09. The largest absolute Gasteiger partial charge is 0.611 e. The van der Waals surface area contributed by atoms with E-state index < -0.39 is 11.2 Å². The van der Waals surface area contributed by atoms with Crippen molar-refractivity contribution in [2.24, 2.45) is 0 Å². The third-order valence-corrected chi connectivity index (χ3v) is 8.60. The third kappa shape index (κ3) is 4.29. The van der Waals surface area contributed by atoms with Gasteiger partial charge in [-0.15, -0.1) is 0 Å². The summed E-state index contributed by atoms with van der Waals surface area (Å²) in [5.41, 5.74) is 4.07. The Bertz CT molecular complexity index is 1450. The van der Waals surface area contributed by atoms with Crippen molar-refractivity contribution in [2.75, 3.05) is 30.9 Å². The number of nitrogens with zero attached hydrogens (tertiary/aromatic N) is 7. The van der Waals surface area contributed by atoms with Gasteiger partial charge in [-0.3, -0.25) is 4.90 Å². The first-order chi connectivity index (χ1) is 18.1. The molecule has 0 spiro atoms. The fourth-order valence-electron chi connectivity index (χ4n) is 5.39. The Balaban J connectivity index is 1.21. The molecule has 7 heterocycles. The molecule has 3 saturated heterocycles. The van der Waals surface area contributed by atoms with Gasteiger partial charge in [0.1, 0.15) is 17.6 Å². The average molecular weight is 514 g/mol. The molecule has 7 rings (SSSR count). The molecule has 2 bridgehead atoms. The molecule has 9 nitrogen and oxygen atoms in total. The van der Waals surface area contributed by atoms with Crippen LogP contribution in [-0.2, 0) is 17.7 Å². The Morgan fingerprint density at radius 2 is 1.97 bits per heavy atom. The number of methoxy groups -OCH3 is 1. The molecule has 0 N–H and O–H groups in total. The van der Waals surface area contributed by atoms with Crippen molar-refractivity contribution in [3.8, 4) is 23.1 Å². The van der Waals surface area contributed by atoms with E-state index in [0.29, 0.717) is 39.7 Å². The van der Waals surface area contributed by atoms with E-state index in [1.807, 2.05) is 43.6 Å². The van der Waals surface area contributed by atoms with Crippen molar-refractivity contribution in [3.05, 3.63) is 66.2 Å². The van der Waals surface area contributed by atoms with Gasteiger partial charge in [-0.05, 0) is 42.2 Å². The van der Waals surface area contributed by atoms with Gasteiger partial charge in [-0.25, -0.2) is 14.5 Å². The summed E-state index contributed by atoms with van der Waals surface area (Å²) in [4.78, 5) is 14.7. The third-order valence-electron chi connectivity index (χ3n) is 7.33. The molecule has 3 aliphatic heterocycles. The summed E-state index contributed by atoms with van der Waals surface area (Å²) in [6.45, 7) is 4.65. The molecule has 0 aromatic carbocycles. The number of hydrogen-bond acceptors (Lipinski definition) is 8. The molecular weight excluding hydrogens is 486 g/mol. The smallest absolute Gasteiger partial charge is 0.212 e. The van der Waals surface area contributed by atoms with Crippen LogP contribution < -0.4 is 9.64 Å². The van der Waals surface area contributed by atoms with Crippen molar-refractivity contribution in [1.82, 2.24) is 24.5 Å². The monoisotopic (exact) mass is 513 g/mol. The van der Waals surface area contributed by atoms with E-state index in [9.17, 15) is 9.81 Å². The predicted molar refractivity (Wildman–Crippen MR) is 141 cm³/mol. The Kier molecular flexibility index (Phi) is 6.20. The Morgan fingerprint density at radius 3 is 2.62 bits per heavy atom. The number of pyridine rings is 3. The Morgan fingerprint density at radius 1 is 1.14 bits per heavy atom. The first kappa shape index (κ1) is 23.7. The van der Waals surface area contributed by atoms with Gasteiger partial charge in [0.2, 0.25) is 5.88 Å². The van der Waals surface area contributed by atoms with E-state index >= 15 is 0 Å². The Hall–Kier alpha value is -3.65. The number of hydrogen-bond donors (Lipinski definition) is 0. The predicted octanol–water partition coefficient (Wildman–Crippen LogP) is 3.26. The van der Waals surface area contributed by atoms with Crippen molar-refractivity contribution in [3.63, 3.8) is 0 Å². The number of aromatic nitrogens is 4. The highest BCUT2D eigenvalue weighted by molar-refractivity contribution is 7.91. The van der Waals surface area contributed by atoms with Gasteiger partial charge in [-0.1, -0.05) is 6.07 Å². The molecule has 4 aromatic rings. The zero-order valence-electron chi connectivity index (χ0n) is 20.7. The van der Waals surface area contributed by atoms with Crippen LogP contribution in [0.3, 0.4) is 0 Å². The van der Waals surface area contributed by atoms with Crippen LogP contribution in [0.1, 0.15) is 24.5 Å². The standard InChI is InChI=1S/C27H27N7O2S/c1-3-37(35)23-9-24(27-20(10-28)13-31-34(27)17-23)19-5-6-25(29-12-19)32-15-21-8-22(16-32)33(21)14-18-4-7-26(36-2)30-11-18/h4-7,9,11-13,17,21-22H,3,8,14-16H2,1-2H3. The highest BCUT2D eigenvalue weighted by atomic mass is 32.2. The first-order valence-electron chi connectivity index (χ1n) is 12.3. The lowest BCUT2D eigenvalue weighted by Gasteiger charge is -2.56. The molecule has 0 saturated carbocycles. The first-order valence-corrected chi connectivity index (χ1v) is 13.7. The highest BCUT2D eigenvalue weighted by Crippen LogP contribution is 2.36. The van der Waals surface area contributed by atoms with Crippen LogP contribution in [0.2, 0.25) is 0 Å².